The molecule has 0 radical (unpaired) electrons. The van der Waals surface area contributed by atoms with E-state index < -0.39 is 0 Å². The molecule has 0 spiro atoms. The maximum atomic E-state index is 12.0. The van der Waals surface area contributed by atoms with Crippen LogP contribution >= 0.6 is 23.2 Å². The molecule has 0 unspecified atom stereocenters. The van der Waals surface area contributed by atoms with E-state index in [0.717, 1.165) is 37.1 Å². The Bertz CT molecular complexity index is 547. The molecular formula is C15H17Cl2NO2. The van der Waals surface area contributed by atoms with Crippen molar-refractivity contribution in [2.75, 3.05) is 13.7 Å². The van der Waals surface area contributed by atoms with Gasteiger partial charge in [0.15, 0.2) is 0 Å². The lowest BCUT2D eigenvalue weighted by Gasteiger charge is -2.29. The first-order valence-corrected chi connectivity index (χ1v) is 7.68. The van der Waals surface area contributed by atoms with E-state index in [-0.39, 0.29) is 11.8 Å². The number of rotatable bonds is 2. The molecule has 2 fully saturated rings. The van der Waals surface area contributed by atoms with Gasteiger partial charge in [-0.05, 0) is 31.4 Å². The topological polar surface area (TPSA) is 29.5 Å². The van der Waals surface area contributed by atoms with Crippen molar-refractivity contribution in [2.24, 2.45) is 0 Å². The summed E-state index contributed by atoms with van der Waals surface area (Å²) in [4.78, 5) is 14.0. The van der Waals surface area contributed by atoms with Crippen LogP contribution in [0, 0.1) is 0 Å². The molecule has 20 heavy (non-hydrogen) atoms. The highest BCUT2D eigenvalue weighted by Gasteiger charge is 2.39. The van der Waals surface area contributed by atoms with Crippen LogP contribution in [0.15, 0.2) is 12.1 Å². The van der Waals surface area contributed by atoms with Crippen LogP contribution in [0.4, 0.5) is 0 Å². The molecule has 0 aromatic heterocycles. The lowest BCUT2D eigenvalue weighted by molar-refractivity contribution is -0.134. The van der Waals surface area contributed by atoms with Crippen molar-refractivity contribution >= 4 is 29.1 Å². The van der Waals surface area contributed by atoms with Crippen LogP contribution in [-0.2, 0) is 4.79 Å². The second kappa shape index (κ2) is 5.45. The Morgan fingerprint density at radius 3 is 2.85 bits per heavy atom. The Kier molecular flexibility index (Phi) is 3.83. The summed E-state index contributed by atoms with van der Waals surface area (Å²) < 4.78 is 5.43. The van der Waals surface area contributed by atoms with Crippen molar-refractivity contribution in [1.29, 1.82) is 0 Å². The third kappa shape index (κ3) is 2.27. The van der Waals surface area contributed by atoms with E-state index in [1.807, 2.05) is 11.0 Å². The predicted molar refractivity (Wildman–Crippen MR) is 79.7 cm³/mol. The van der Waals surface area contributed by atoms with Gasteiger partial charge in [-0.25, -0.2) is 0 Å². The SMILES string of the molecule is COc1ccc(Cl)c(Cl)c1[C@H]1C[C@@H]2CCCC(=O)N2C1. The maximum absolute atomic E-state index is 12.0. The molecule has 5 heteroatoms. The Balaban J connectivity index is 1.94. The second-order valence-corrected chi connectivity index (χ2v) is 6.29. The number of benzene rings is 1. The number of hydrogen-bond donors (Lipinski definition) is 0. The zero-order valence-corrected chi connectivity index (χ0v) is 12.9. The first-order chi connectivity index (χ1) is 9.61. The molecule has 2 aliphatic rings. The van der Waals surface area contributed by atoms with Crippen molar-refractivity contribution in [2.45, 2.75) is 37.6 Å². The summed E-state index contributed by atoms with van der Waals surface area (Å²) in [7, 11) is 1.64. The fourth-order valence-corrected chi connectivity index (χ4v) is 3.92. The van der Waals surface area contributed by atoms with Gasteiger partial charge in [-0.15, -0.1) is 0 Å². The molecule has 2 aliphatic heterocycles. The van der Waals surface area contributed by atoms with Crippen LogP contribution in [0.3, 0.4) is 0 Å². The van der Waals surface area contributed by atoms with E-state index in [4.69, 9.17) is 27.9 Å². The van der Waals surface area contributed by atoms with E-state index in [1.54, 1.807) is 13.2 Å². The van der Waals surface area contributed by atoms with Crippen molar-refractivity contribution in [1.82, 2.24) is 4.90 Å². The first kappa shape index (κ1) is 14.0. The van der Waals surface area contributed by atoms with Crippen LogP contribution in [0.25, 0.3) is 0 Å². The largest absolute Gasteiger partial charge is 0.496 e. The summed E-state index contributed by atoms with van der Waals surface area (Å²) >= 11 is 12.5. The molecule has 0 aliphatic carbocycles. The number of fused-ring (bicyclic) bond motifs is 1. The molecule has 2 heterocycles. The highest BCUT2D eigenvalue weighted by atomic mass is 35.5. The minimum atomic E-state index is 0.211. The fraction of sp³-hybridized carbons (Fsp3) is 0.533. The number of carbonyl (C=O) groups excluding carboxylic acids is 1. The highest BCUT2D eigenvalue weighted by molar-refractivity contribution is 6.42. The number of piperidine rings is 1. The second-order valence-electron chi connectivity index (χ2n) is 5.50. The van der Waals surface area contributed by atoms with Gasteiger partial charge in [-0.1, -0.05) is 23.2 Å². The number of carbonyl (C=O) groups is 1. The minimum absolute atomic E-state index is 0.211. The molecule has 0 N–H and O–H groups in total. The van der Waals surface area contributed by atoms with E-state index in [9.17, 15) is 4.79 Å². The molecule has 1 aromatic carbocycles. The number of ether oxygens (including phenoxy) is 1. The number of halogens is 2. The van der Waals surface area contributed by atoms with E-state index in [1.165, 1.54) is 0 Å². The zero-order valence-electron chi connectivity index (χ0n) is 11.4. The smallest absolute Gasteiger partial charge is 0.222 e. The number of methoxy groups -OCH3 is 1. The predicted octanol–water partition coefficient (Wildman–Crippen LogP) is 3.87. The monoisotopic (exact) mass is 313 g/mol. The molecule has 3 rings (SSSR count). The zero-order chi connectivity index (χ0) is 14.3. The van der Waals surface area contributed by atoms with Crippen LogP contribution < -0.4 is 4.74 Å². The van der Waals surface area contributed by atoms with Crippen molar-refractivity contribution in [3.05, 3.63) is 27.7 Å². The quantitative estimate of drug-likeness (QED) is 0.829. The van der Waals surface area contributed by atoms with Crippen LogP contribution in [0.2, 0.25) is 10.0 Å². The standard InChI is InChI=1S/C15H17Cl2NO2/c1-20-12-6-5-11(16)15(17)14(12)9-7-10-3-2-4-13(19)18(10)8-9/h5-6,9-10H,2-4,7-8H2,1H3/t9-,10-/m0/s1. The van der Waals surface area contributed by atoms with Gasteiger partial charge in [-0.2, -0.15) is 0 Å². The Morgan fingerprint density at radius 1 is 1.35 bits per heavy atom. The Labute approximate surface area is 128 Å². The molecule has 2 atom stereocenters. The molecule has 3 nitrogen and oxygen atoms in total. The summed E-state index contributed by atoms with van der Waals surface area (Å²) in [6.07, 6.45) is 3.70. The average molecular weight is 314 g/mol. The number of amides is 1. The summed E-state index contributed by atoms with van der Waals surface area (Å²) in [6, 6.07) is 3.95. The molecule has 0 saturated carbocycles. The summed E-state index contributed by atoms with van der Waals surface area (Å²) in [5.74, 6) is 1.24. The van der Waals surface area contributed by atoms with Crippen molar-refractivity contribution < 1.29 is 9.53 Å². The van der Waals surface area contributed by atoms with Crippen molar-refractivity contribution in [3.8, 4) is 5.75 Å². The number of nitrogens with zero attached hydrogens (tertiary/aromatic N) is 1. The van der Waals surface area contributed by atoms with Gasteiger partial charge in [0.1, 0.15) is 5.75 Å². The molecule has 0 bridgehead atoms. The molecule has 108 valence electrons. The Morgan fingerprint density at radius 2 is 2.15 bits per heavy atom. The lowest BCUT2D eigenvalue weighted by atomic mass is 9.93. The molecular weight excluding hydrogens is 297 g/mol. The van der Waals surface area contributed by atoms with E-state index >= 15 is 0 Å². The van der Waals surface area contributed by atoms with Crippen LogP contribution in [-0.4, -0.2) is 30.5 Å². The van der Waals surface area contributed by atoms with Gasteiger partial charge in [0.25, 0.3) is 0 Å². The van der Waals surface area contributed by atoms with Gasteiger partial charge in [0, 0.05) is 30.5 Å². The van der Waals surface area contributed by atoms with Crippen molar-refractivity contribution in [3.63, 3.8) is 0 Å². The fourth-order valence-electron chi connectivity index (χ4n) is 3.44. The summed E-state index contributed by atoms with van der Waals surface area (Å²) in [5, 5.41) is 1.10. The number of hydrogen-bond acceptors (Lipinski definition) is 2. The van der Waals surface area contributed by atoms with Gasteiger partial charge in [0.05, 0.1) is 17.2 Å². The third-order valence-corrected chi connectivity index (χ3v) is 5.20. The van der Waals surface area contributed by atoms with E-state index in [2.05, 4.69) is 0 Å². The highest BCUT2D eigenvalue weighted by Crippen LogP contribution is 2.44. The lowest BCUT2D eigenvalue weighted by Crippen LogP contribution is -2.38. The average Bonchev–Trinajstić information content (AvgIpc) is 2.86. The minimum Gasteiger partial charge on any atom is -0.496 e. The summed E-state index contributed by atoms with van der Waals surface area (Å²) in [6.45, 7) is 0.722. The molecule has 2 saturated heterocycles. The van der Waals surface area contributed by atoms with Gasteiger partial charge in [-0.3, -0.25) is 4.79 Å². The molecule has 1 aromatic rings. The van der Waals surface area contributed by atoms with Gasteiger partial charge in [0.2, 0.25) is 5.91 Å². The van der Waals surface area contributed by atoms with Gasteiger partial charge < -0.3 is 9.64 Å². The van der Waals surface area contributed by atoms with Gasteiger partial charge >= 0.3 is 0 Å². The van der Waals surface area contributed by atoms with E-state index in [0.29, 0.717) is 22.5 Å². The maximum Gasteiger partial charge on any atom is 0.222 e. The third-order valence-electron chi connectivity index (χ3n) is 4.38. The van der Waals surface area contributed by atoms with Crippen LogP contribution in [0.1, 0.15) is 37.2 Å². The van der Waals surface area contributed by atoms with Crippen LogP contribution in [0.5, 0.6) is 5.75 Å². The molecule has 1 amide bonds. The first-order valence-electron chi connectivity index (χ1n) is 6.93. The summed E-state index contributed by atoms with van der Waals surface area (Å²) in [5.41, 5.74) is 0.948. The Hall–Kier alpha value is -0.930. The normalized spacial score (nSPS) is 25.8.